The van der Waals surface area contributed by atoms with Crippen molar-refractivity contribution in [3.8, 4) is 11.5 Å². The Balaban J connectivity index is 2.65. The molecular weight excluding hydrogens is 435 g/mol. The summed E-state index contributed by atoms with van der Waals surface area (Å²) in [6.45, 7) is 7.63. The van der Waals surface area contributed by atoms with Gasteiger partial charge in [0.1, 0.15) is 17.2 Å². The third-order valence-electron chi connectivity index (χ3n) is 5.36. The minimum atomic E-state index is -4.94. The molecule has 2 rings (SSSR count). The van der Waals surface area contributed by atoms with Gasteiger partial charge in [0.05, 0.1) is 0 Å². The van der Waals surface area contributed by atoms with E-state index >= 15 is 0 Å². The van der Waals surface area contributed by atoms with Crippen LogP contribution in [0, 0.1) is 5.41 Å². The Morgan fingerprint density at radius 3 is 2.06 bits per heavy atom. The number of hydrogen-bond acceptors (Lipinski definition) is 4. The lowest BCUT2D eigenvalue weighted by Gasteiger charge is -2.24. The zero-order chi connectivity index (χ0) is 24.9. The Morgan fingerprint density at radius 1 is 1.06 bits per heavy atom. The van der Waals surface area contributed by atoms with Crippen LogP contribution in [0.15, 0.2) is 30.3 Å². The number of nitrogens with one attached hydrogen (secondary N) is 1. The highest BCUT2D eigenvalue weighted by Gasteiger charge is 2.38. The molecule has 0 fully saturated rings. The summed E-state index contributed by atoms with van der Waals surface area (Å²) in [4.78, 5) is 12.1. The molecule has 0 saturated carbocycles. The summed E-state index contributed by atoms with van der Waals surface area (Å²) in [6, 6.07) is 8.01. The van der Waals surface area contributed by atoms with Gasteiger partial charge >= 0.3 is 12.1 Å². The number of carboxylic acids is 1. The van der Waals surface area contributed by atoms with Gasteiger partial charge in [-0.25, -0.2) is 4.79 Å². The fourth-order valence-corrected chi connectivity index (χ4v) is 3.63. The van der Waals surface area contributed by atoms with Crippen LogP contribution in [0.5, 0.6) is 11.5 Å². The first-order valence-corrected chi connectivity index (χ1v) is 10.9. The van der Waals surface area contributed by atoms with Crippen molar-refractivity contribution in [2.24, 2.45) is 0 Å². The van der Waals surface area contributed by atoms with Crippen LogP contribution in [0.25, 0.3) is 0 Å². The number of phenolic OH excluding ortho intramolecular Hbond substituents is 1. The standard InChI is InChI=1S/C25H30F3NO4/c1-5-7-17-13-19(23(29)25(26,27)28)20(30)18(8-6-2)21(17)33-22(24(31)32)16-11-9-15(10-12-16)14(3)4/h9-14,22,29-30H,5-8H2,1-4H3,(H,31,32). The second-order valence-electron chi connectivity index (χ2n) is 8.27. The number of ether oxygens (including phenoxy) is 1. The Bertz CT molecular complexity index is 998. The van der Waals surface area contributed by atoms with Gasteiger partial charge < -0.3 is 14.9 Å². The molecular formula is C25H30F3NO4. The van der Waals surface area contributed by atoms with Crippen molar-refractivity contribution < 1.29 is 32.9 Å². The third-order valence-corrected chi connectivity index (χ3v) is 5.36. The van der Waals surface area contributed by atoms with E-state index in [2.05, 4.69) is 0 Å². The Labute approximate surface area is 191 Å². The van der Waals surface area contributed by atoms with Crippen molar-refractivity contribution in [1.82, 2.24) is 0 Å². The molecule has 2 aromatic rings. The highest BCUT2D eigenvalue weighted by molar-refractivity contribution is 6.05. The molecule has 0 radical (unpaired) electrons. The molecule has 33 heavy (non-hydrogen) atoms. The summed E-state index contributed by atoms with van der Waals surface area (Å²) in [7, 11) is 0. The van der Waals surface area contributed by atoms with E-state index in [1.807, 2.05) is 32.9 Å². The van der Waals surface area contributed by atoms with Crippen molar-refractivity contribution in [1.29, 1.82) is 5.41 Å². The van der Waals surface area contributed by atoms with Crippen molar-refractivity contribution in [3.05, 3.63) is 58.1 Å². The maximum absolute atomic E-state index is 13.2. The molecule has 5 nitrogen and oxygen atoms in total. The average molecular weight is 466 g/mol. The molecule has 0 aliphatic carbocycles. The molecule has 0 aliphatic rings. The SMILES string of the molecule is CCCc1cc(C(=N)C(F)(F)F)c(O)c(CCC)c1OC(C(=O)O)c1ccc(C(C)C)cc1. The molecule has 1 unspecified atom stereocenters. The first-order valence-electron chi connectivity index (χ1n) is 10.9. The number of phenols is 1. The molecule has 0 heterocycles. The molecule has 180 valence electrons. The number of rotatable bonds is 10. The highest BCUT2D eigenvalue weighted by Crippen LogP contribution is 2.41. The molecule has 0 aliphatic heterocycles. The predicted molar refractivity (Wildman–Crippen MR) is 121 cm³/mol. The maximum atomic E-state index is 13.2. The largest absolute Gasteiger partial charge is 0.507 e. The summed E-state index contributed by atoms with van der Waals surface area (Å²) in [5.74, 6) is -1.64. The summed E-state index contributed by atoms with van der Waals surface area (Å²) in [5, 5.41) is 28.1. The molecule has 0 spiro atoms. The molecule has 1 atom stereocenters. The Hall–Kier alpha value is -3.03. The molecule has 3 N–H and O–H groups in total. The lowest BCUT2D eigenvalue weighted by Crippen LogP contribution is -2.24. The lowest BCUT2D eigenvalue weighted by molar-refractivity contribution is -0.145. The summed E-state index contributed by atoms with van der Waals surface area (Å²) in [6.07, 6.45) is -4.87. The minimum Gasteiger partial charge on any atom is -0.507 e. The van der Waals surface area contributed by atoms with Gasteiger partial charge in [-0.2, -0.15) is 13.2 Å². The van der Waals surface area contributed by atoms with Crippen LogP contribution in [0.1, 0.15) is 80.4 Å². The predicted octanol–water partition coefficient (Wildman–Crippen LogP) is 6.56. The summed E-state index contributed by atoms with van der Waals surface area (Å²) < 4.78 is 45.6. The van der Waals surface area contributed by atoms with Gasteiger partial charge in [-0.1, -0.05) is 64.8 Å². The maximum Gasteiger partial charge on any atom is 0.433 e. The van der Waals surface area contributed by atoms with E-state index in [9.17, 15) is 28.2 Å². The Morgan fingerprint density at radius 2 is 1.61 bits per heavy atom. The topological polar surface area (TPSA) is 90.6 Å². The third kappa shape index (κ3) is 6.06. The van der Waals surface area contributed by atoms with Gasteiger partial charge in [0, 0.05) is 16.7 Å². The van der Waals surface area contributed by atoms with E-state index in [0.29, 0.717) is 30.4 Å². The lowest BCUT2D eigenvalue weighted by atomic mass is 9.94. The number of aryl methyl sites for hydroxylation is 1. The van der Waals surface area contributed by atoms with Crippen LogP contribution in [0.2, 0.25) is 0 Å². The summed E-state index contributed by atoms with van der Waals surface area (Å²) >= 11 is 0. The van der Waals surface area contributed by atoms with Gasteiger partial charge in [-0.15, -0.1) is 0 Å². The molecule has 0 amide bonds. The van der Waals surface area contributed by atoms with Gasteiger partial charge in [0.25, 0.3) is 0 Å². The number of carboxylic acid groups (broad SMARTS) is 1. The number of alkyl halides is 3. The number of benzene rings is 2. The molecule has 8 heteroatoms. The van der Waals surface area contributed by atoms with Crippen molar-refractivity contribution >= 4 is 11.7 Å². The van der Waals surface area contributed by atoms with E-state index in [1.54, 1.807) is 19.1 Å². The fourth-order valence-electron chi connectivity index (χ4n) is 3.63. The van der Waals surface area contributed by atoms with Crippen LogP contribution in [0.3, 0.4) is 0 Å². The summed E-state index contributed by atoms with van der Waals surface area (Å²) in [5.41, 5.74) is -0.474. The van der Waals surface area contributed by atoms with E-state index in [-0.39, 0.29) is 23.7 Å². The smallest absolute Gasteiger partial charge is 0.433 e. The van der Waals surface area contributed by atoms with Crippen molar-refractivity contribution in [2.75, 3.05) is 0 Å². The number of aliphatic carboxylic acids is 1. The van der Waals surface area contributed by atoms with E-state index in [4.69, 9.17) is 10.1 Å². The van der Waals surface area contributed by atoms with Gasteiger partial charge in [-0.05, 0) is 36.0 Å². The van der Waals surface area contributed by atoms with Gasteiger partial charge in [0.15, 0.2) is 0 Å². The minimum absolute atomic E-state index is 0.0651. The zero-order valence-electron chi connectivity index (χ0n) is 19.2. The normalized spacial score (nSPS) is 12.6. The van der Waals surface area contributed by atoms with Crippen LogP contribution in [0.4, 0.5) is 13.2 Å². The second-order valence-corrected chi connectivity index (χ2v) is 8.27. The molecule has 2 aromatic carbocycles. The number of hydrogen-bond donors (Lipinski definition) is 3. The monoisotopic (exact) mass is 465 g/mol. The quantitative estimate of drug-likeness (QED) is 0.347. The first kappa shape index (κ1) is 26.2. The van der Waals surface area contributed by atoms with Crippen LogP contribution in [-0.4, -0.2) is 28.1 Å². The number of aromatic hydroxyl groups is 1. The fraction of sp³-hybridized carbons (Fsp3) is 0.440. The molecule has 0 saturated heterocycles. The van der Waals surface area contributed by atoms with Crippen LogP contribution in [-0.2, 0) is 17.6 Å². The van der Waals surface area contributed by atoms with E-state index < -0.39 is 35.3 Å². The zero-order valence-corrected chi connectivity index (χ0v) is 19.2. The van der Waals surface area contributed by atoms with Gasteiger partial charge in [-0.3, -0.25) is 5.41 Å². The number of carbonyl (C=O) groups is 1. The average Bonchev–Trinajstić information content (AvgIpc) is 2.74. The highest BCUT2D eigenvalue weighted by atomic mass is 19.4. The van der Waals surface area contributed by atoms with Crippen molar-refractivity contribution in [2.45, 2.75) is 71.6 Å². The van der Waals surface area contributed by atoms with Crippen molar-refractivity contribution in [3.63, 3.8) is 0 Å². The number of halogens is 3. The van der Waals surface area contributed by atoms with Crippen LogP contribution >= 0.6 is 0 Å². The van der Waals surface area contributed by atoms with E-state index in [1.165, 1.54) is 0 Å². The van der Waals surface area contributed by atoms with E-state index in [0.717, 1.165) is 11.6 Å². The first-order chi connectivity index (χ1) is 15.4. The Kier molecular flexibility index (Phi) is 8.52. The van der Waals surface area contributed by atoms with Crippen LogP contribution < -0.4 is 4.74 Å². The molecule has 0 aromatic heterocycles. The second kappa shape index (κ2) is 10.7. The van der Waals surface area contributed by atoms with Gasteiger partial charge in [0.2, 0.25) is 6.10 Å². The molecule has 0 bridgehead atoms.